The van der Waals surface area contributed by atoms with Crippen LogP contribution in [-0.2, 0) is 7.05 Å². The molecule has 0 spiro atoms. The first-order valence-electron chi connectivity index (χ1n) is 3.61. The fourth-order valence-corrected chi connectivity index (χ4v) is 5.14. The van der Waals surface area contributed by atoms with Crippen LogP contribution in [-0.4, -0.2) is 17.9 Å². The Labute approximate surface area is 82.1 Å². The lowest BCUT2D eigenvalue weighted by atomic mass is 10.7. The molecule has 1 aromatic heterocycles. The van der Waals surface area contributed by atoms with Gasteiger partial charge in [-0.15, -0.1) is 0 Å². The Hall–Kier alpha value is 0.157. The van der Waals surface area contributed by atoms with Crippen LogP contribution in [0, 0.1) is 3.57 Å². The molecule has 0 aromatic carbocycles. The largest absolute Gasteiger partial charge is 0.275 e. The van der Waals surface area contributed by atoms with Gasteiger partial charge in [-0.3, -0.25) is 4.68 Å². The van der Waals surface area contributed by atoms with Crippen LogP contribution in [0.5, 0.6) is 0 Å². The quantitative estimate of drug-likeness (QED) is 0.564. The molecule has 4 heteroatoms. The van der Waals surface area contributed by atoms with Gasteiger partial charge < -0.3 is 0 Å². The Bertz CT molecular complexity index is 262. The molecule has 0 aliphatic carbocycles. The maximum Gasteiger partial charge on any atom is 0.105 e. The molecule has 0 fully saturated rings. The number of hydrogen-bond donors (Lipinski definition) is 0. The highest BCUT2D eigenvalue weighted by molar-refractivity contribution is 14.1. The van der Waals surface area contributed by atoms with E-state index in [0.29, 0.717) is 0 Å². The van der Waals surface area contributed by atoms with Gasteiger partial charge in [0.1, 0.15) is 8.07 Å². The summed E-state index contributed by atoms with van der Waals surface area (Å²) < 4.78 is 3.21. The van der Waals surface area contributed by atoms with Crippen LogP contribution in [0.4, 0.5) is 0 Å². The molecule has 11 heavy (non-hydrogen) atoms. The molecule has 2 nitrogen and oxygen atoms in total. The average Bonchev–Trinajstić information content (AvgIpc) is 2.08. The van der Waals surface area contributed by atoms with E-state index in [1.54, 1.807) is 0 Å². The van der Waals surface area contributed by atoms with Crippen molar-refractivity contribution in [2.45, 2.75) is 19.6 Å². The zero-order chi connectivity index (χ0) is 8.65. The Morgan fingerprint density at radius 1 is 1.45 bits per heavy atom. The molecule has 62 valence electrons. The summed E-state index contributed by atoms with van der Waals surface area (Å²) >= 11 is 2.36. The molecule has 0 aliphatic rings. The first-order valence-corrected chi connectivity index (χ1v) is 8.19. The molecular weight excluding hydrogens is 267 g/mol. The van der Waals surface area contributed by atoms with Gasteiger partial charge >= 0.3 is 0 Å². The predicted octanol–water partition coefficient (Wildman–Crippen LogP) is 1.57. The smallest absolute Gasteiger partial charge is 0.105 e. The summed E-state index contributed by atoms with van der Waals surface area (Å²) in [6, 6.07) is 0. The van der Waals surface area contributed by atoms with Gasteiger partial charge in [0.2, 0.25) is 0 Å². The van der Waals surface area contributed by atoms with E-state index in [2.05, 4.69) is 53.5 Å². The van der Waals surface area contributed by atoms with Crippen molar-refractivity contribution >= 4 is 36.0 Å². The van der Waals surface area contributed by atoms with Gasteiger partial charge in [0.15, 0.2) is 0 Å². The lowest BCUT2D eigenvalue weighted by Crippen LogP contribution is -2.40. The minimum Gasteiger partial charge on any atom is -0.275 e. The van der Waals surface area contributed by atoms with Crippen molar-refractivity contribution in [1.29, 1.82) is 0 Å². The van der Waals surface area contributed by atoms with Crippen molar-refractivity contribution in [3.63, 3.8) is 0 Å². The van der Waals surface area contributed by atoms with E-state index in [4.69, 9.17) is 0 Å². The van der Waals surface area contributed by atoms with Gasteiger partial charge in [-0.2, -0.15) is 5.10 Å². The Morgan fingerprint density at radius 2 is 2.00 bits per heavy atom. The zero-order valence-corrected chi connectivity index (χ0v) is 10.5. The van der Waals surface area contributed by atoms with Crippen LogP contribution in [0.3, 0.4) is 0 Å². The van der Waals surface area contributed by atoms with Crippen molar-refractivity contribution in [3.05, 3.63) is 9.77 Å². The van der Waals surface area contributed by atoms with Crippen molar-refractivity contribution in [1.82, 2.24) is 9.78 Å². The summed E-state index contributed by atoms with van der Waals surface area (Å²) in [5.74, 6) is 0. The van der Waals surface area contributed by atoms with E-state index in [1.807, 2.05) is 11.7 Å². The Morgan fingerprint density at radius 3 is 2.18 bits per heavy atom. The van der Waals surface area contributed by atoms with Crippen molar-refractivity contribution < 1.29 is 0 Å². The predicted molar refractivity (Wildman–Crippen MR) is 58.9 cm³/mol. The van der Waals surface area contributed by atoms with Crippen LogP contribution >= 0.6 is 22.6 Å². The van der Waals surface area contributed by atoms with E-state index in [1.165, 1.54) is 8.89 Å². The highest BCUT2D eigenvalue weighted by Gasteiger charge is 2.22. The van der Waals surface area contributed by atoms with Crippen LogP contribution < -0.4 is 5.32 Å². The summed E-state index contributed by atoms with van der Waals surface area (Å²) in [4.78, 5) is 0. The molecule has 0 saturated carbocycles. The summed E-state index contributed by atoms with van der Waals surface area (Å²) in [6.07, 6.45) is 2.08. The van der Waals surface area contributed by atoms with E-state index < -0.39 is 8.07 Å². The second kappa shape index (κ2) is 2.89. The molecule has 0 bridgehead atoms. The Kier molecular flexibility index (Phi) is 2.43. The van der Waals surface area contributed by atoms with E-state index >= 15 is 0 Å². The van der Waals surface area contributed by atoms with Crippen molar-refractivity contribution in [2.24, 2.45) is 7.05 Å². The van der Waals surface area contributed by atoms with Crippen LogP contribution in [0.1, 0.15) is 0 Å². The molecular formula is C7H13IN2Si. The maximum absolute atomic E-state index is 4.45. The molecule has 0 atom stereocenters. The van der Waals surface area contributed by atoms with Gasteiger partial charge in [-0.05, 0) is 22.6 Å². The standard InChI is InChI=1S/C7H13IN2Si/c1-10-5-6(8)7(9-10)11(2,3)4/h5H,1-4H3. The van der Waals surface area contributed by atoms with Gasteiger partial charge in [0.25, 0.3) is 0 Å². The van der Waals surface area contributed by atoms with E-state index in [9.17, 15) is 0 Å². The minimum atomic E-state index is -1.20. The second-order valence-electron chi connectivity index (χ2n) is 3.75. The molecule has 1 rings (SSSR count). The lowest BCUT2D eigenvalue weighted by molar-refractivity contribution is 0.774. The zero-order valence-electron chi connectivity index (χ0n) is 7.35. The summed E-state index contributed by atoms with van der Waals surface area (Å²) in [5.41, 5.74) is 0. The molecule has 0 saturated heterocycles. The summed E-state index contributed by atoms with van der Waals surface area (Å²) in [7, 11) is 0.781. The highest BCUT2D eigenvalue weighted by Crippen LogP contribution is 2.07. The van der Waals surface area contributed by atoms with Gasteiger partial charge in [0, 0.05) is 16.8 Å². The fourth-order valence-electron chi connectivity index (χ4n) is 0.968. The number of hydrogen-bond acceptors (Lipinski definition) is 1. The van der Waals surface area contributed by atoms with Crippen molar-refractivity contribution in [3.8, 4) is 0 Å². The lowest BCUT2D eigenvalue weighted by Gasteiger charge is -2.12. The maximum atomic E-state index is 4.45. The van der Waals surface area contributed by atoms with E-state index in [-0.39, 0.29) is 0 Å². The molecule has 1 heterocycles. The van der Waals surface area contributed by atoms with E-state index in [0.717, 1.165) is 0 Å². The van der Waals surface area contributed by atoms with Gasteiger partial charge in [0.05, 0.1) is 5.32 Å². The molecule has 0 amide bonds. The molecule has 0 aliphatic heterocycles. The second-order valence-corrected chi connectivity index (χ2v) is 9.89. The number of nitrogens with zero attached hydrogens (tertiary/aromatic N) is 2. The molecule has 0 N–H and O–H groups in total. The third kappa shape index (κ3) is 2.05. The van der Waals surface area contributed by atoms with Gasteiger partial charge in [-0.25, -0.2) is 0 Å². The number of aryl methyl sites for hydroxylation is 1. The number of rotatable bonds is 1. The van der Waals surface area contributed by atoms with Crippen molar-refractivity contribution in [2.75, 3.05) is 0 Å². The Balaban J connectivity index is 3.13. The van der Waals surface area contributed by atoms with Crippen LogP contribution in [0.15, 0.2) is 6.20 Å². The molecule has 1 aromatic rings. The third-order valence-corrected chi connectivity index (χ3v) is 4.58. The molecule has 0 unspecified atom stereocenters. The number of aromatic nitrogens is 2. The molecule has 0 radical (unpaired) electrons. The van der Waals surface area contributed by atoms with Crippen LogP contribution in [0.2, 0.25) is 19.6 Å². The third-order valence-electron chi connectivity index (χ3n) is 1.49. The first-order chi connectivity index (χ1) is 4.91. The SMILES string of the molecule is Cn1cc(I)c([Si](C)(C)C)n1. The monoisotopic (exact) mass is 280 g/mol. The topological polar surface area (TPSA) is 17.8 Å². The average molecular weight is 280 g/mol. The summed E-state index contributed by atoms with van der Waals surface area (Å²) in [6.45, 7) is 6.95. The van der Waals surface area contributed by atoms with Crippen LogP contribution in [0.25, 0.3) is 0 Å². The number of halogens is 1. The highest BCUT2D eigenvalue weighted by atomic mass is 127. The first kappa shape index (κ1) is 9.25. The normalized spacial score (nSPS) is 12.1. The fraction of sp³-hybridized carbons (Fsp3) is 0.571. The minimum absolute atomic E-state index is 1.20. The van der Waals surface area contributed by atoms with Gasteiger partial charge in [-0.1, -0.05) is 19.6 Å². The summed E-state index contributed by atoms with van der Waals surface area (Å²) in [5, 5.41) is 5.77.